The number of aromatic nitrogens is 1. The Labute approximate surface area is 179 Å². The average molecular weight is 421 g/mol. The topological polar surface area (TPSA) is 63.3 Å². The summed E-state index contributed by atoms with van der Waals surface area (Å²) >= 11 is 1.70. The van der Waals surface area contributed by atoms with Crippen LogP contribution in [-0.2, 0) is 11.2 Å². The number of hydrogen-bond donors (Lipinski definition) is 2. The van der Waals surface area contributed by atoms with Gasteiger partial charge in [0, 0.05) is 46.1 Å². The van der Waals surface area contributed by atoms with Crippen LogP contribution in [0, 0.1) is 0 Å². The van der Waals surface area contributed by atoms with Crippen LogP contribution in [0.25, 0.3) is 10.9 Å². The van der Waals surface area contributed by atoms with E-state index in [1.165, 1.54) is 15.8 Å². The third-order valence-electron chi connectivity index (χ3n) is 5.23. The number of amides is 1. The summed E-state index contributed by atoms with van der Waals surface area (Å²) in [4.78, 5) is 17.3. The van der Waals surface area contributed by atoms with Crippen LogP contribution in [-0.4, -0.2) is 31.7 Å². The third-order valence-corrected chi connectivity index (χ3v) is 6.22. The van der Waals surface area contributed by atoms with Gasteiger partial charge < -0.3 is 19.8 Å². The lowest BCUT2D eigenvalue weighted by atomic mass is 9.96. The van der Waals surface area contributed by atoms with Gasteiger partial charge in [0.1, 0.15) is 11.5 Å². The molecule has 4 aromatic rings. The predicted molar refractivity (Wildman–Crippen MR) is 121 cm³/mol. The van der Waals surface area contributed by atoms with Crippen molar-refractivity contribution in [2.75, 3.05) is 20.8 Å². The van der Waals surface area contributed by atoms with Crippen LogP contribution in [0.15, 0.2) is 66.2 Å². The van der Waals surface area contributed by atoms with Crippen LogP contribution in [0.2, 0.25) is 0 Å². The molecule has 0 bridgehead atoms. The molecule has 2 heterocycles. The summed E-state index contributed by atoms with van der Waals surface area (Å²) in [5, 5.41) is 6.37. The molecule has 0 aliphatic heterocycles. The maximum atomic E-state index is 12.7. The van der Waals surface area contributed by atoms with E-state index in [2.05, 4.69) is 33.9 Å². The SMILES string of the molecule is COc1ccc(CC(=O)NCC(c2cccs2)c2c[nH]c3ccccc23)c(OC)c1. The summed E-state index contributed by atoms with van der Waals surface area (Å²) in [6.45, 7) is 0.527. The number of para-hydroxylation sites is 1. The van der Waals surface area contributed by atoms with Gasteiger partial charge in [-0.05, 0) is 29.1 Å². The fourth-order valence-corrected chi connectivity index (χ4v) is 4.53. The Hall–Kier alpha value is -3.25. The van der Waals surface area contributed by atoms with E-state index in [0.717, 1.165) is 11.1 Å². The number of aromatic amines is 1. The quantitative estimate of drug-likeness (QED) is 0.433. The molecule has 0 saturated carbocycles. The van der Waals surface area contributed by atoms with E-state index in [9.17, 15) is 4.79 Å². The van der Waals surface area contributed by atoms with Crippen LogP contribution in [0.4, 0.5) is 0 Å². The number of carbonyl (C=O) groups is 1. The molecule has 4 rings (SSSR count). The lowest BCUT2D eigenvalue weighted by Gasteiger charge is -2.17. The van der Waals surface area contributed by atoms with Crippen LogP contribution in [0.3, 0.4) is 0 Å². The van der Waals surface area contributed by atoms with E-state index < -0.39 is 0 Å². The number of nitrogens with one attached hydrogen (secondary N) is 2. The van der Waals surface area contributed by atoms with Crippen molar-refractivity contribution in [3.8, 4) is 11.5 Å². The summed E-state index contributed by atoms with van der Waals surface area (Å²) < 4.78 is 10.6. The zero-order valence-electron chi connectivity index (χ0n) is 17.0. The van der Waals surface area contributed by atoms with Crippen LogP contribution < -0.4 is 14.8 Å². The van der Waals surface area contributed by atoms with Gasteiger partial charge in [0.05, 0.1) is 20.6 Å². The van der Waals surface area contributed by atoms with Crippen molar-refractivity contribution in [3.63, 3.8) is 0 Å². The Bertz CT molecular complexity index is 1130. The minimum atomic E-state index is -0.0418. The van der Waals surface area contributed by atoms with E-state index in [1.807, 2.05) is 36.5 Å². The molecule has 5 nitrogen and oxygen atoms in total. The van der Waals surface area contributed by atoms with Gasteiger partial charge >= 0.3 is 0 Å². The van der Waals surface area contributed by atoms with E-state index in [4.69, 9.17) is 9.47 Å². The fraction of sp³-hybridized carbons (Fsp3) is 0.208. The monoisotopic (exact) mass is 420 g/mol. The average Bonchev–Trinajstić information content (AvgIpc) is 3.45. The molecule has 1 amide bonds. The number of hydrogen-bond acceptors (Lipinski definition) is 4. The minimum Gasteiger partial charge on any atom is -0.497 e. The normalized spacial score (nSPS) is 11.9. The van der Waals surface area contributed by atoms with Crippen molar-refractivity contribution in [1.29, 1.82) is 0 Å². The third kappa shape index (κ3) is 4.19. The van der Waals surface area contributed by atoms with E-state index >= 15 is 0 Å². The first kappa shape index (κ1) is 20.0. The lowest BCUT2D eigenvalue weighted by Crippen LogP contribution is -2.30. The number of benzene rings is 2. The Morgan fingerprint density at radius 3 is 2.73 bits per heavy atom. The highest BCUT2D eigenvalue weighted by atomic mass is 32.1. The van der Waals surface area contributed by atoms with Crippen molar-refractivity contribution in [2.24, 2.45) is 0 Å². The zero-order chi connectivity index (χ0) is 20.9. The second kappa shape index (κ2) is 9.05. The smallest absolute Gasteiger partial charge is 0.224 e. The van der Waals surface area contributed by atoms with E-state index in [-0.39, 0.29) is 18.2 Å². The molecule has 0 saturated heterocycles. The molecule has 0 aliphatic rings. The van der Waals surface area contributed by atoms with Gasteiger partial charge in [0.2, 0.25) is 5.91 Å². The van der Waals surface area contributed by atoms with Crippen molar-refractivity contribution >= 4 is 28.1 Å². The standard InChI is InChI=1S/C24H24N2O3S/c1-28-17-10-9-16(22(13-17)29-2)12-24(27)26-15-20(23-8-5-11-30-23)19-14-25-21-7-4-3-6-18(19)21/h3-11,13-14,20,25H,12,15H2,1-2H3,(H,26,27). The van der Waals surface area contributed by atoms with Crippen molar-refractivity contribution in [2.45, 2.75) is 12.3 Å². The first-order valence-electron chi connectivity index (χ1n) is 9.76. The molecule has 6 heteroatoms. The molecular weight excluding hydrogens is 396 g/mol. The number of ether oxygens (including phenoxy) is 2. The van der Waals surface area contributed by atoms with Gasteiger partial charge in [-0.3, -0.25) is 4.79 Å². The zero-order valence-corrected chi connectivity index (χ0v) is 17.8. The summed E-state index contributed by atoms with van der Waals surface area (Å²) in [5.41, 5.74) is 3.12. The molecule has 2 aromatic heterocycles. The minimum absolute atomic E-state index is 0.0418. The second-order valence-corrected chi connectivity index (χ2v) is 8.00. The van der Waals surface area contributed by atoms with Crippen molar-refractivity contribution < 1.29 is 14.3 Å². The molecule has 2 N–H and O–H groups in total. The molecular formula is C24H24N2O3S. The summed E-state index contributed by atoms with van der Waals surface area (Å²) in [5.74, 6) is 1.40. The maximum absolute atomic E-state index is 12.7. The second-order valence-electron chi connectivity index (χ2n) is 7.02. The molecule has 0 aliphatic carbocycles. The summed E-state index contributed by atoms with van der Waals surface area (Å²) in [6.07, 6.45) is 2.30. The fourth-order valence-electron chi connectivity index (χ4n) is 3.68. The van der Waals surface area contributed by atoms with E-state index in [1.54, 1.807) is 31.6 Å². The highest BCUT2D eigenvalue weighted by molar-refractivity contribution is 7.10. The first-order valence-corrected chi connectivity index (χ1v) is 10.6. The molecule has 30 heavy (non-hydrogen) atoms. The highest BCUT2D eigenvalue weighted by Gasteiger charge is 2.20. The number of methoxy groups -OCH3 is 2. The number of H-pyrrole nitrogens is 1. The molecule has 0 fully saturated rings. The molecule has 0 spiro atoms. The molecule has 154 valence electrons. The van der Waals surface area contributed by atoms with Crippen LogP contribution in [0.1, 0.15) is 21.9 Å². The number of thiophene rings is 1. The number of fused-ring (bicyclic) bond motifs is 1. The van der Waals surface area contributed by atoms with Gasteiger partial charge in [-0.1, -0.05) is 30.3 Å². The lowest BCUT2D eigenvalue weighted by molar-refractivity contribution is -0.120. The molecule has 1 unspecified atom stereocenters. The van der Waals surface area contributed by atoms with Crippen LogP contribution in [0.5, 0.6) is 11.5 Å². The van der Waals surface area contributed by atoms with E-state index in [0.29, 0.717) is 18.0 Å². The summed E-state index contributed by atoms with van der Waals surface area (Å²) in [7, 11) is 3.20. The summed E-state index contributed by atoms with van der Waals surface area (Å²) in [6, 6.07) is 17.9. The largest absolute Gasteiger partial charge is 0.497 e. The number of carbonyl (C=O) groups excluding carboxylic acids is 1. The van der Waals surface area contributed by atoms with Gasteiger partial charge in [-0.15, -0.1) is 11.3 Å². The maximum Gasteiger partial charge on any atom is 0.224 e. The van der Waals surface area contributed by atoms with Crippen molar-refractivity contribution in [3.05, 3.63) is 82.2 Å². The first-order chi connectivity index (χ1) is 14.7. The Balaban J connectivity index is 1.52. The Morgan fingerprint density at radius 1 is 1.10 bits per heavy atom. The predicted octanol–water partition coefficient (Wildman–Crippen LogP) is 4.74. The molecule has 0 radical (unpaired) electrons. The Kier molecular flexibility index (Phi) is 6.05. The highest BCUT2D eigenvalue weighted by Crippen LogP contribution is 2.33. The number of rotatable bonds is 8. The van der Waals surface area contributed by atoms with Crippen molar-refractivity contribution in [1.82, 2.24) is 10.3 Å². The molecule has 2 aromatic carbocycles. The van der Waals surface area contributed by atoms with Gasteiger partial charge in [-0.25, -0.2) is 0 Å². The molecule has 1 atom stereocenters. The van der Waals surface area contributed by atoms with Gasteiger partial charge in [0.25, 0.3) is 0 Å². The van der Waals surface area contributed by atoms with Gasteiger partial charge in [0.15, 0.2) is 0 Å². The van der Waals surface area contributed by atoms with Gasteiger partial charge in [-0.2, -0.15) is 0 Å². The Morgan fingerprint density at radius 2 is 1.97 bits per heavy atom. The van der Waals surface area contributed by atoms with Crippen LogP contribution >= 0.6 is 11.3 Å².